The zero-order valence-electron chi connectivity index (χ0n) is 13.5. The standard InChI is InChI=1S/C17H23N3O3/c1-11-7-6-10-20(12(2)15(18)21)17(23)14(11)19-16(22)13-8-4-3-5-9-13/h3-5,8-9,11-12,14H,6-7,10H2,1-2H3,(H2,18,21)(H,19,22). The first-order chi connectivity index (χ1) is 10.9. The van der Waals surface area contributed by atoms with Crippen molar-refractivity contribution < 1.29 is 14.4 Å². The van der Waals surface area contributed by atoms with Crippen molar-refractivity contribution in [3.8, 4) is 0 Å². The van der Waals surface area contributed by atoms with Crippen molar-refractivity contribution in [2.24, 2.45) is 11.7 Å². The highest BCUT2D eigenvalue weighted by Gasteiger charge is 2.36. The first-order valence-electron chi connectivity index (χ1n) is 7.87. The quantitative estimate of drug-likeness (QED) is 0.865. The van der Waals surface area contributed by atoms with Gasteiger partial charge in [-0.2, -0.15) is 0 Å². The number of hydrogen-bond acceptors (Lipinski definition) is 3. The summed E-state index contributed by atoms with van der Waals surface area (Å²) in [4.78, 5) is 38.0. The minimum absolute atomic E-state index is 0.000221. The van der Waals surface area contributed by atoms with Crippen LogP contribution in [0.1, 0.15) is 37.0 Å². The molecule has 23 heavy (non-hydrogen) atoms. The fourth-order valence-corrected chi connectivity index (χ4v) is 2.84. The zero-order chi connectivity index (χ0) is 17.0. The number of primary amides is 1. The van der Waals surface area contributed by atoms with Crippen LogP contribution < -0.4 is 11.1 Å². The smallest absolute Gasteiger partial charge is 0.251 e. The molecule has 1 aliphatic heterocycles. The first kappa shape index (κ1) is 17.0. The van der Waals surface area contributed by atoms with E-state index in [0.717, 1.165) is 12.8 Å². The van der Waals surface area contributed by atoms with Crippen molar-refractivity contribution in [2.75, 3.05) is 6.54 Å². The van der Waals surface area contributed by atoms with E-state index in [1.807, 2.05) is 13.0 Å². The molecular weight excluding hydrogens is 294 g/mol. The number of nitrogens with zero attached hydrogens (tertiary/aromatic N) is 1. The molecule has 0 radical (unpaired) electrons. The summed E-state index contributed by atoms with van der Waals surface area (Å²) in [6, 6.07) is 7.45. The molecule has 3 N–H and O–H groups in total. The Balaban J connectivity index is 2.18. The van der Waals surface area contributed by atoms with E-state index in [1.54, 1.807) is 31.2 Å². The number of nitrogens with one attached hydrogen (secondary N) is 1. The summed E-state index contributed by atoms with van der Waals surface area (Å²) in [6.45, 7) is 4.03. The molecule has 0 aliphatic carbocycles. The number of likely N-dealkylation sites (tertiary alicyclic amines) is 1. The van der Waals surface area contributed by atoms with Gasteiger partial charge in [0.2, 0.25) is 11.8 Å². The Morgan fingerprint density at radius 2 is 1.96 bits per heavy atom. The Hall–Kier alpha value is -2.37. The molecule has 0 spiro atoms. The number of amides is 3. The number of carbonyl (C=O) groups excluding carboxylic acids is 3. The molecule has 1 aromatic carbocycles. The van der Waals surface area contributed by atoms with Crippen LogP contribution in [-0.2, 0) is 9.59 Å². The Bertz CT molecular complexity index is 588. The van der Waals surface area contributed by atoms with Crippen molar-refractivity contribution in [1.82, 2.24) is 10.2 Å². The van der Waals surface area contributed by atoms with Gasteiger partial charge in [0.1, 0.15) is 12.1 Å². The number of carbonyl (C=O) groups is 3. The third kappa shape index (κ3) is 3.88. The lowest BCUT2D eigenvalue weighted by Crippen LogP contribution is -2.55. The second-order valence-electron chi connectivity index (χ2n) is 6.05. The summed E-state index contributed by atoms with van der Waals surface area (Å²) in [5.41, 5.74) is 5.84. The fourth-order valence-electron chi connectivity index (χ4n) is 2.84. The largest absolute Gasteiger partial charge is 0.368 e. The van der Waals surface area contributed by atoms with Gasteiger partial charge in [-0.3, -0.25) is 14.4 Å². The number of benzene rings is 1. The molecule has 1 heterocycles. The van der Waals surface area contributed by atoms with Crippen LogP contribution in [0.5, 0.6) is 0 Å². The minimum atomic E-state index is -0.677. The highest BCUT2D eigenvalue weighted by molar-refractivity contribution is 5.98. The van der Waals surface area contributed by atoms with E-state index in [9.17, 15) is 14.4 Å². The van der Waals surface area contributed by atoms with Gasteiger partial charge in [0.05, 0.1) is 0 Å². The Labute approximate surface area is 136 Å². The van der Waals surface area contributed by atoms with Gasteiger partial charge in [0.15, 0.2) is 0 Å². The van der Waals surface area contributed by atoms with Crippen molar-refractivity contribution >= 4 is 17.7 Å². The lowest BCUT2D eigenvalue weighted by molar-refractivity contribution is -0.140. The Kier molecular flexibility index (Phi) is 5.36. The predicted octanol–water partition coefficient (Wildman–Crippen LogP) is 0.917. The van der Waals surface area contributed by atoms with Crippen LogP contribution in [0.2, 0.25) is 0 Å². The second-order valence-corrected chi connectivity index (χ2v) is 6.05. The fraction of sp³-hybridized carbons (Fsp3) is 0.471. The monoisotopic (exact) mass is 317 g/mol. The van der Waals surface area contributed by atoms with E-state index in [4.69, 9.17) is 5.73 Å². The van der Waals surface area contributed by atoms with E-state index >= 15 is 0 Å². The van der Waals surface area contributed by atoms with E-state index in [-0.39, 0.29) is 17.7 Å². The maximum Gasteiger partial charge on any atom is 0.251 e. The van der Waals surface area contributed by atoms with Crippen LogP contribution in [0.25, 0.3) is 0 Å². The van der Waals surface area contributed by atoms with Gasteiger partial charge in [-0.15, -0.1) is 0 Å². The van der Waals surface area contributed by atoms with Crippen LogP contribution >= 0.6 is 0 Å². The number of hydrogen-bond donors (Lipinski definition) is 2. The van der Waals surface area contributed by atoms with Gasteiger partial charge < -0.3 is 16.0 Å². The van der Waals surface area contributed by atoms with Crippen molar-refractivity contribution in [1.29, 1.82) is 0 Å². The third-order valence-corrected chi connectivity index (χ3v) is 4.38. The summed E-state index contributed by atoms with van der Waals surface area (Å²) >= 11 is 0. The average molecular weight is 317 g/mol. The molecule has 0 aromatic heterocycles. The van der Waals surface area contributed by atoms with E-state index < -0.39 is 18.0 Å². The van der Waals surface area contributed by atoms with E-state index in [0.29, 0.717) is 12.1 Å². The molecule has 124 valence electrons. The highest BCUT2D eigenvalue weighted by atomic mass is 16.2. The molecule has 6 nitrogen and oxygen atoms in total. The lowest BCUT2D eigenvalue weighted by Gasteiger charge is -2.30. The summed E-state index contributed by atoms with van der Waals surface area (Å²) in [5.74, 6) is -1.07. The third-order valence-electron chi connectivity index (χ3n) is 4.38. The van der Waals surface area contributed by atoms with Gasteiger partial charge >= 0.3 is 0 Å². The first-order valence-corrected chi connectivity index (χ1v) is 7.87. The molecular formula is C17H23N3O3. The number of rotatable bonds is 4. The molecule has 1 saturated heterocycles. The topological polar surface area (TPSA) is 92.5 Å². The molecule has 6 heteroatoms. The minimum Gasteiger partial charge on any atom is -0.368 e. The summed E-state index contributed by atoms with van der Waals surface area (Å²) in [6.07, 6.45) is 1.58. The highest BCUT2D eigenvalue weighted by Crippen LogP contribution is 2.21. The van der Waals surface area contributed by atoms with Crippen LogP contribution in [0, 0.1) is 5.92 Å². The second kappa shape index (κ2) is 7.26. The van der Waals surface area contributed by atoms with Crippen molar-refractivity contribution in [3.05, 3.63) is 35.9 Å². The molecule has 2 rings (SSSR count). The van der Waals surface area contributed by atoms with E-state index in [2.05, 4.69) is 5.32 Å². The molecule has 0 bridgehead atoms. The van der Waals surface area contributed by atoms with Gasteiger partial charge in [-0.05, 0) is 37.8 Å². The molecule has 0 saturated carbocycles. The Morgan fingerprint density at radius 1 is 1.30 bits per heavy atom. The van der Waals surface area contributed by atoms with Crippen molar-refractivity contribution in [2.45, 2.75) is 38.8 Å². The van der Waals surface area contributed by atoms with E-state index in [1.165, 1.54) is 4.90 Å². The summed E-state index contributed by atoms with van der Waals surface area (Å²) in [7, 11) is 0. The van der Waals surface area contributed by atoms with Gasteiger partial charge in [0, 0.05) is 12.1 Å². The Morgan fingerprint density at radius 3 is 2.57 bits per heavy atom. The van der Waals surface area contributed by atoms with Crippen molar-refractivity contribution in [3.63, 3.8) is 0 Å². The number of nitrogens with two attached hydrogens (primary N) is 1. The van der Waals surface area contributed by atoms with Gasteiger partial charge in [-0.1, -0.05) is 25.1 Å². The SMILES string of the molecule is CC1CCCN(C(C)C(N)=O)C(=O)C1NC(=O)c1ccccc1. The predicted molar refractivity (Wildman–Crippen MR) is 86.5 cm³/mol. The molecule has 3 unspecified atom stereocenters. The van der Waals surface area contributed by atoms with Gasteiger partial charge in [-0.25, -0.2) is 0 Å². The molecule has 1 aromatic rings. The normalized spacial score (nSPS) is 23.0. The molecule has 3 amide bonds. The van der Waals surface area contributed by atoms with Crippen LogP contribution in [0.3, 0.4) is 0 Å². The molecule has 3 atom stereocenters. The van der Waals surface area contributed by atoms with Crippen LogP contribution in [-0.4, -0.2) is 41.2 Å². The van der Waals surface area contributed by atoms with Crippen LogP contribution in [0.4, 0.5) is 0 Å². The zero-order valence-corrected chi connectivity index (χ0v) is 13.5. The summed E-state index contributed by atoms with van der Waals surface area (Å²) < 4.78 is 0. The average Bonchev–Trinajstić information content (AvgIpc) is 2.68. The van der Waals surface area contributed by atoms with Crippen LogP contribution in [0.15, 0.2) is 30.3 Å². The summed E-state index contributed by atoms with van der Waals surface area (Å²) in [5, 5.41) is 2.82. The lowest BCUT2D eigenvalue weighted by atomic mass is 9.97. The molecule has 1 fully saturated rings. The maximum absolute atomic E-state index is 12.8. The van der Waals surface area contributed by atoms with Gasteiger partial charge in [0.25, 0.3) is 5.91 Å². The molecule has 1 aliphatic rings. The maximum atomic E-state index is 12.8.